The van der Waals surface area contributed by atoms with Crippen molar-refractivity contribution >= 4 is 52.7 Å². The molecule has 1 aromatic heterocycles. The summed E-state index contributed by atoms with van der Waals surface area (Å²) in [5.41, 5.74) is 1.74. The summed E-state index contributed by atoms with van der Waals surface area (Å²) in [6.45, 7) is 7.75. The van der Waals surface area contributed by atoms with Crippen LogP contribution in [-0.4, -0.2) is 58.2 Å². The summed E-state index contributed by atoms with van der Waals surface area (Å²) in [6, 6.07) is 13.2. The van der Waals surface area contributed by atoms with E-state index in [1.807, 2.05) is 0 Å². The quantitative estimate of drug-likeness (QED) is 0.252. The molecule has 0 fully saturated rings. The van der Waals surface area contributed by atoms with Crippen LogP contribution in [0.4, 0.5) is 22.2 Å². The zero-order valence-corrected chi connectivity index (χ0v) is 22.3. The van der Waals surface area contributed by atoms with Crippen molar-refractivity contribution in [2.45, 2.75) is 26.8 Å². The normalized spacial score (nSPS) is 10.8. The lowest BCUT2D eigenvalue weighted by Crippen LogP contribution is -2.30. The molecule has 9 nitrogen and oxygen atoms in total. The van der Waals surface area contributed by atoms with Gasteiger partial charge in [0.1, 0.15) is 5.82 Å². The summed E-state index contributed by atoms with van der Waals surface area (Å²) in [7, 11) is 0. The Morgan fingerprint density at radius 1 is 1.03 bits per heavy atom. The SMILES string of the molecule is CCN(CC)CCCNC(=O)c1ccc(Nc2nccc(N(Cc3cc(Cl)ccc3Cl)C(=O)O)n2)cc1. The number of anilines is 3. The summed E-state index contributed by atoms with van der Waals surface area (Å²) in [4.78, 5) is 36.3. The Morgan fingerprint density at radius 2 is 1.76 bits per heavy atom. The van der Waals surface area contributed by atoms with Crippen LogP contribution in [0.15, 0.2) is 54.7 Å². The van der Waals surface area contributed by atoms with E-state index in [1.54, 1.807) is 42.5 Å². The van der Waals surface area contributed by atoms with Crippen molar-refractivity contribution in [3.05, 3.63) is 75.9 Å². The van der Waals surface area contributed by atoms with Crippen molar-refractivity contribution in [2.24, 2.45) is 0 Å². The van der Waals surface area contributed by atoms with Crippen LogP contribution in [0.5, 0.6) is 0 Å². The summed E-state index contributed by atoms with van der Waals surface area (Å²) in [6.07, 6.45) is 1.14. The Bertz CT molecular complexity index is 1210. The zero-order chi connectivity index (χ0) is 26.8. The highest BCUT2D eigenvalue weighted by Crippen LogP contribution is 2.25. The maximum absolute atomic E-state index is 12.4. The molecule has 2 amide bonds. The first-order valence-corrected chi connectivity index (χ1v) is 12.7. The molecule has 0 spiro atoms. The van der Waals surface area contributed by atoms with E-state index in [0.29, 0.717) is 33.4 Å². The van der Waals surface area contributed by atoms with Crippen LogP contribution in [-0.2, 0) is 6.54 Å². The average molecular weight is 545 g/mol. The largest absolute Gasteiger partial charge is 0.465 e. The minimum atomic E-state index is -1.20. The van der Waals surface area contributed by atoms with Crippen LogP contribution in [0.3, 0.4) is 0 Å². The third kappa shape index (κ3) is 8.31. The van der Waals surface area contributed by atoms with Gasteiger partial charge in [0, 0.05) is 34.0 Å². The number of nitrogens with zero attached hydrogens (tertiary/aromatic N) is 4. The van der Waals surface area contributed by atoms with E-state index in [2.05, 4.69) is 39.3 Å². The van der Waals surface area contributed by atoms with Gasteiger partial charge in [0.25, 0.3) is 5.91 Å². The van der Waals surface area contributed by atoms with Crippen LogP contribution in [0.25, 0.3) is 0 Å². The minimum absolute atomic E-state index is 0.0378. The van der Waals surface area contributed by atoms with Gasteiger partial charge in [-0.05, 0) is 80.1 Å². The molecule has 11 heteroatoms. The number of rotatable bonds is 12. The molecule has 0 atom stereocenters. The molecule has 3 rings (SSSR count). The summed E-state index contributed by atoms with van der Waals surface area (Å²) in [5, 5.41) is 16.6. The van der Waals surface area contributed by atoms with Gasteiger partial charge in [0.15, 0.2) is 0 Å². The molecule has 0 aliphatic heterocycles. The second-order valence-electron chi connectivity index (χ2n) is 8.18. The Kier molecular flexibility index (Phi) is 10.5. The molecule has 0 saturated carbocycles. The van der Waals surface area contributed by atoms with Crippen molar-refractivity contribution < 1.29 is 14.7 Å². The number of halogens is 2. The van der Waals surface area contributed by atoms with Crippen LogP contribution in [0, 0.1) is 0 Å². The Morgan fingerprint density at radius 3 is 2.43 bits per heavy atom. The van der Waals surface area contributed by atoms with Gasteiger partial charge in [-0.3, -0.25) is 9.69 Å². The lowest BCUT2D eigenvalue weighted by molar-refractivity contribution is 0.0951. The molecular formula is C26H30Cl2N6O3. The molecule has 3 aromatic rings. The van der Waals surface area contributed by atoms with Gasteiger partial charge < -0.3 is 20.6 Å². The molecule has 0 saturated heterocycles. The monoisotopic (exact) mass is 544 g/mol. The van der Waals surface area contributed by atoms with E-state index in [0.717, 1.165) is 31.0 Å². The minimum Gasteiger partial charge on any atom is -0.465 e. The standard InChI is InChI=1S/C26H30Cl2N6O3/c1-3-33(4-2)15-5-13-29-24(35)18-6-9-21(10-7-18)31-25-30-14-12-23(32-25)34(26(36)37)17-19-16-20(27)8-11-22(19)28/h6-12,14,16H,3-5,13,15,17H2,1-2H3,(H,29,35)(H,36,37)(H,30,31,32). The molecule has 196 valence electrons. The van der Waals surface area contributed by atoms with Crippen LogP contribution in [0.2, 0.25) is 10.0 Å². The number of aromatic nitrogens is 2. The molecule has 1 heterocycles. The van der Waals surface area contributed by atoms with E-state index in [4.69, 9.17) is 23.2 Å². The number of hydrogen-bond acceptors (Lipinski definition) is 6. The van der Waals surface area contributed by atoms with Gasteiger partial charge in [0.2, 0.25) is 5.95 Å². The molecule has 0 unspecified atom stereocenters. The highest BCUT2D eigenvalue weighted by Gasteiger charge is 2.19. The Labute approximate surface area is 226 Å². The number of carbonyl (C=O) groups excluding carboxylic acids is 1. The lowest BCUT2D eigenvalue weighted by atomic mass is 10.2. The van der Waals surface area contributed by atoms with Gasteiger partial charge in [0.05, 0.1) is 6.54 Å². The van der Waals surface area contributed by atoms with E-state index in [-0.39, 0.29) is 24.2 Å². The van der Waals surface area contributed by atoms with Gasteiger partial charge in [-0.25, -0.2) is 9.78 Å². The number of carbonyl (C=O) groups is 2. The zero-order valence-electron chi connectivity index (χ0n) is 20.7. The highest BCUT2D eigenvalue weighted by molar-refractivity contribution is 6.33. The van der Waals surface area contributed by atoms with Crippen molar-refractivity contribution in [3.63, 3.8) is 0 Å². The number of benzene rings is 2. The summed E-state index contributed by atoms with van der Waals surface area (Å²) < 4.78 is 0. The van der Waals surface area contributed by atoms with Crippen LogP contribution < -0.4 is 15.5 Å². The Hall–Kier alpha value is -3.40. The molecule has 2 aromatic carbocycles. The van der Waals surface area contributed by atoms with E-state index < -0.39 is 6.09 Å². The molecule has 0 radical (unpaired) electrons. The fraction of sp³-hybridized carbons (Fsp3) is 0.308. The van der Waals surface area contributed by atoms with Crippen molar-refractivity contribution in [1.29, 1.82) is 0 Å². The predicted octanol–water partition coefficient (Wildman–Crippen LogP) is 5.67. The lowest BCUT2D eigenvalue weighted by Gasteiger charge is -2.19. The van der Waals surface area contributed by atoms with E-state index in [1.165, 1.54) is 12.3 Å². The van der Waals surface area contributed by atoms with Crippen LogP contribution >= 0.6 is 23.2 Å². The van der Waals surface area contributed by atoms with Crippen LogP contribution in [0.1, 0.15) is 36.2 Å². The van der Waals surface area contributed by atoms with Crippen molar-refractivity contribution in [2.75, 3.05) is 36.4 Å². The van der Waals surface area contributed by atoms with E-state index in [9.17, 15) is 14.7 Å². The Balaban J connectivity index is 1.63. The summed E-state index contributed by atoms with van der Waals surface area (Å²) in [5.74, 6) is 0.234. The first-order valence-electron chi connectivity index (χ1n) is 12.0. The maximum Gasteiger partial charge on any atom is 0.413 e. The number of nitrogens with one attached hydrogen (secondary N) is 2. The van der Waals surface area contributed by atoms with Gasteiger partial charge >= 0.3 is 6.09 Å². The predicted molar refractivity (Wildman–Crippen MR) is 147 cm³/mol. The van der Waals surface area contributed by atoms with E-state index >= 15 is 0 Å². The molecule has 0 aliphatic rings. The second-order valence-corrected chi connectivity index (χ2v) is 9.03. The molecule has 0 bridgehead atoms. The highest BCUT2D eigenvalue weighted by atomic mass is 35.5. The molecular weight excluding hydrogens is 515 g/mol. The van der Waals surface area contributed by atoms with Gasteiger partial charge in [-0.2, -0.15) is 4.98 Å². The van der Waals surface area contributed by atoms with Crippen molar-refractivity contribution in [3.8, 4) is 0 Å². The number of carboxylic acid groups (broad SMARTS) is 1. The smallest absolute Gasteiger partial charge is 0.413 e. The van der Waals surface area contributed by atoms with Crippen molar-refractivity contribution in [1.82, 2.24) is 20.2 Å². The van der Waals surface area contributed by atoms with Gasteiger partial charge in [-0.15, -0.1) is 0 Å². The fourth-order valence-corrected chi connectivity index (χ4v) is 3.99. The molecule has 0 aliphatic carbocycles. The number of amides is 2. The topological polar surface area (TPSA) is 111 Å². The third-order valence-corrected chi connectivity index (χ3v) is 6.32. The molecule has 37 heavy (non-hydrogen) atoms. The fourth-order valence-electron chi connectivity index (χ4n) is 3.62. The summed E-state index contributed by atoms with van der Waals surface area (Å²) >= 11 is 12.3. The average Bonchev–Trinajstić information content (AvgIpc) is 2.89. The second kappa shape index (κ2) is 13.8. The first-order chi connectivity index (χ1) is 17.8. The molecule has 3 N–H and O–H groups in total. The maximum atomic E-state index is 12.4. The third-order valence-electron chi connectivity index (χ3n) is 5.72. The van der Waals surface area contributed by atoms with Gasteiger partial charge in [-0.1, -0.05) is 37.0 Å². The number of hydrogen-bond donors (Lipinski definition) is 3. The first kappa shape index (κ1) is 28.2.